The van der Waals surface area contributed by atoms with Crippen molar-refractivity contribution in [2.75, 3.05) is 32.8 Å². The van der Waals surface area contributed by atoms with Crippen molar-refractivity contribution < 1.29 is 9.53 Å². The Hall–Kier alpha value is -0.610. The normalized spacial score (nSPS) is 25.5. The summed E-state index contributed by atoms with van der Waals surface area (Å²) in [6, 6.07) is 0. The van der Waals surface area contributed by atoms with Crippen molar-refractivity contribution in [3.8, 4) is 0 Å². The highest BCUT2D eigenvalue weighted by Crippen LogP contribution is 2.27. The Morgan fingerprint density at radius 3 is 2.65 bits per heavy atom. The highest BCUT2D eigenvalue weighted by Gasteiger charge is 2.28. The van der Waals surface area contributed by atoms with Gasteiger partial charge in [0.25, 0.3) is 0 Å². The van der Waals surface area contributed by atoms with E-state index >= 15 is 0 Å². The summed E-state index contributed by atoms with van der Waals surface area (Å²) in [7, 11) is 0. The molecule has 4 nitrogen and oxygen atoms in total. The molecule has 2 rings (SSSR count). The predicted octanol–water partition coefficient (Wildman–Crippen LogP) is 0.919. The van der Waals surface area contributed by atoms with Crippen molar-refractivity contribution in [1.29, 1.82) is 0 Å². The van der Waals surface area contributed by atoms with Crippen molar-refractivity contribution in [3.05, 3.63) is 0 Å². The van der Waals surface area contributed by atoms with Gasteiger partial charge in [-0.1, -0.05) is 6.92 Å². The van der Waals surface area contributed by atoms with E-state index in [-0.39, 0.29) is 17.2 Å². The molecule has 2 heterocycles. The van der Waals surface area contributed by atoms with Gasteiger partial charge in [-0.15, -0.1) is 0 Å². The highest BCUT2D eigenvalue weighted by atomic mass is 16.5. The predicted molar refractivity (Wildman–Crippen MR) is 66.8 cm³/mol. The average molecular weight is 240 g/mol. The first-order chi connectivity index (χ1) is 8.20. The minimum absolute atomic E-state index is 0.175. The zero-order valence-electron chi connectivity index (χ0n) is 10.8. The van der Waals surface area contributed by atoms with Crippen molar-refractivity contribution in [1.82, 2.24) is 10.6 Å². The Labute approximate surface area is 103 Å². The summed E-state index contributed by atoms with van der Waals surface area (Å²) in [6.45, 7) is 6.72. The van der Waals surface area contributed by atoms with Crippen LogP contribution in [0.4, 0.5) is 0 Å². The minimum Gasteiger partial charge on any atom is -0.381 e. The van der Waals surface area contributed by atoms with Gasteiger partial charge < -0.3 is 15.4 Å². The van der Waals surface area contributed by atoms with Gasteiger partial charge >= 0.3 is 0 Å². The number of ether oxygens (including phenoxy) is 1. The van der Waals surface area contributed by atoms with Crippen molar-refractivity contribution in [2.45, 2.75) is 32.6 Å². The van der Waals surface area contributed by atoms with Crippen LogP contribution >= 0.6 is 0 Å². The number of rotatable bonds is 3. The molecular formula is C13H24N2O2. The van der Waals surface area contributed by atoms with E-state index in [1.54, 1.807) is 0 Å². The van der Waals surface area contributed by atoms with Gasteiger partial charge in [-0.25, -0.2) is 0 Å². The fourth-order valence-corrected chi connectivity index (χ4v) is 2.61. The summed E-state index contributed by atoms with van der Waals surface area (Å²) in [5, 5.41) is 6.50. The largest absolute Gasteiger partial charge is 0.381 e. The molecule has 0 unspecified atom stereocenters. The topological polar surface area (TPSA) is 50.4 Å². The highest BCUT2D eigenvalue weighted by molar-refractivity contribution is 5.78. The van der Waals surface area contributed by atoms with Crippen molar-refractivity contribution in [3.63, 3.8) is 0 Å². The fraction of sp³-hybridized carbons (Fsp3) is 0.923. The monoisotopic (exact) mass is 240 g/mol. The van der Waals surface area contributed by atoms with E-state index in [9.17, 15) is 4.79 Å². The molecule has 98 valence electrons. The number of nitrogens with one attached hydrogen (secondary N) is 2. The molecule has 2 N–H and O–H groups in total. The van der Waals surface area contributed by atoms with Crippen LogP contribution in [0.25, 0.3) is 0 Å². The first-order valence-corrected chi connectivity index (χ1v) is 6.76. The fourth-order valence-electron chi connectivity index (χ4n) is 2.61. The molecule has 0 saturated carbocycles. The summed E-state index contributed by atoms with van der Waals surface area (Å²) in [4.78, 5) is 12.0. The summed E-state index contributed by atoms with van der Waals surface area (Å²) >= 11 is 0. The zero-order valence-corrected chi connectivity index (χ0v) is 10.8. The third-order valence-electron chi connectivity index (χ3n) is 4.09. The number of piperidine rings is 1. The average Bonchev–Trinajstić information content (AvgIpc) is 2.38. The number of hydrogen-bond donors (Lipinski definition) is 2. The van der Waals surface area contributed by atoms with E-state index < -0.39 is 0 Å². The maximum atomic E-state index is 12.0. The van der Waals surface area contributed by atoms with E-state index in [4.69, 9.17) is 4.74 Å². The molecule has 1 amide bonds. The molecule has 2 saturated heterocycles. The quantitative estimate of drug-likeness (QED) is 0.771. The van der Waals surface area contributed by atoms with Crippen molar-refractivity contribution >= 4 is 5.91 Å². The molecule has 17 heavy (non-hydrogen) atoms. The Morgan fingerprint density at radius 2 is 2.00 bits per heavy atom. The lowest BCUT2D eigenvalue weighted by Gasteiger charge is -2.34. The molecule has 0 aliphatic carbocycles. The van der Waals surface area contributed by atoms with E-state index in [0.717, 1.165) is 58.5 Å². The molecule has 4 heteroatoms. The second-order valence-corrected chi connectivity index (χ2v) is 5.67. The van der Waals surface area contributed by atoms with Crippen LogP contribution in [-0.4, -0.2) is 38.8 Å². The Balaban J connectivity index is 1.74. The lowest BCUT2D eigenvalue weighted by atomic mass is 9.81. The maximum absolute atomic E-state index is 12.0. The summed E-state index contributed by atoms with van der Waals surface area (Å²) in [6.07, 6.45) is 4.07. The molecule has 0 spiro atoms. The Bertz CT molecular complexity index is 256. The number of hydrogen-bond acceptors (Lipinski definition) is 3. The second kappa shape index (κ2) is 5.83. The lowest BCUT2D eigenvalue weighted by molar-refractivity contribution is -0.128. The summed E-state index contributed by atoms with van der Waals surface area (Å²) < 4.78 is 5.28. The van der Waals surface area contributed by atoms with Crippen LogP contribution in [0.3, 0.4) is 0 Å². The summed E-state index contributed by atoms with van der Waals surface area (Å²) in [5.74, 6) is 0.405. The molecule has 0 bridgehead atoms. The van der Waals surface area contributed by atoms with Crippen LogP contribution in [0, 0.1) is 11.3 Å². The Kier molecular flexibility index (Phi) is 4.40. The number of amides is 1. The number of carbonyl (C=O) groups is 1. The third kappa shape index (κ3) is 3.68. The van der Waals surface area contributed by atoms with Gasteiger partial charge in [0.1, 0.15) is 0 Å². The molecule has 0 radical (unpaired) electrons. The van der Waals surface area contributed by atoms with Crippen LogP contribution in [0.5, 0.6) is 0 Å². The molecule has 0 aromatic heterocycles. The first-order valence-electron chi connectivity index (χ1n) is 6.76. The SMILES string of the molecule is CC1(CNC(=O)C2CCOCC2)CCNCC1. The van der Waals surface area contributed by atoms with Crippen LogP contribution in [0.2, 0.25) is 0 Å². The molecule has 2 fully saturated rings. The van der Waals surface area contributed by atoms with E-state index in [1.807, 2.05) is 0 Å². The number of carbonyl (C=O) groups excluding carboxylic acids is 1. The molecule has 2 aliphatic heterocycles. The molecule has 2 aliphatic rings. The summed E-state index contributed by atoms with van der Waals surface area (Å²) in [5.41, 5.74) is 0.284. The lowest BCUT2D eigenvalue weighted by Crippen LogP contribution is -2.44. The third-order valence-corrected chi connectivity index (χ3v) is 4.09. The van der Waals surface area contributed by atoms with E-state index in [2.05, 4.69) is 17.6 Å². The van der Waals surface area contributed by atoms with Crippen molar-refractivity contribution in [2.24, 2.45) is 11.3 Å². The van der Waals surface area contributed by atoms with Gasteiger partial charge in [-0.2, -0.15) is 0 Å². The van der Waals surface area contributed by atoms with Gasteiger partial charge in [0.15, 0.2) is 0 Å². The molecule has 0 aromatic rings. The van der Waals surface area contributed by atoms with Crippen LogP contribution < -0.4 is 10.6 Å². The smallest absolute Gasteiger partial charge is 0.223 e. The van der Waals surface area contributed by atoms with Gasteiger partial charge in [-0.05, 0) is 44.2 Å². The van der Waals surface area contributed by atoms with Crippen LogP contribution in [0.15, 0.2) is 0 Å². The van der Waals surface area contributed by atoms with Gasteiger partial charge in [0, 0.05) is 25.7 Å². The molecule has 0 atom stereocenters. The molecular weight excluding hydrogens is 216 g/mol. The van der Waals surface area contributed by atoms with Gasteiger partial charge in [0.2, 0.25) is 5.91 Å². The Morgan fingerprint density at radius 1 is 1.35 bits per heavy atom. The standard InChI is InChI=1S/C13H24N2O2/c1-13(4-6-14-7-5-13)10-15-12(16)11-2-8-17-9-3-11/h11,14H,2-10H2,1H3,(H,15,16). The van der Waals surface area contributed by atoms with Crippen LogP contribution in [-0.2, 0) is 9.53 Å². The van der Waals surface area contributed by atoms with Crippen LogP contribution in [0.1, 0.15) is 32.6 Å². The maximum Gasteiger partial charge on any atom is 0.223 e. The van der Waals surface area contributed by atoms with E-state index in [0.29, 0.717) is 0 Å². The van der Waals surface area contributed by atoms with Gasteiger partial charge in [0.05, 0.1) is 0 Å². The zero-order chi connectivity index (χ0) is 12.1. The van der Waals surface area contributed by atoms with Gasteiger partial charge in [-0.3, -0.25) is 4.79 Å². The first kappa shape index (κ1) is 12.8. The second-order valence-electron chi connectivity index (χ2n) is 5.67. The molecule has 0 aromatic carbocycles. The minimum atomic E-state index is 0.175. The van der Waals surface area contributed by atoms with E-state index in [1.165, 1.54) is 0 Å².